The Kier molecular flexibility index (Phi) is 8.83. The lowest BCUT2D eigenvalue weighted by Gasteiger charge is -2.10. The first-order valence-electron chi connectivity index (χ1n) is 5.37. The number of rotatable bonds is 6. The van der Waals surface area contributed by atoms with E-state index in [-0.39, 0.29) is 0 Å². The lowest BCUT2D eigenvalue weighted by atomic mass is 10.4. The quantitative estimate of drug-likeness (QED) is 0.488. The first-order valence-corrected chi connectivity index (χ1v) is 5.37. The predicted molar refractivity (Wildman–Crippen MR) is 59.2 cm³/mol. The highest BCUT2D eigenvalue weighted by atomic mass is 15.2. The maximum Gasteiger partial charge on any atom is 0.191 e. The second-order valence-corrected chi connectivity index (χ2v) is 3.08. The standard InChI is InChI=1S/C10H23N3/c1-4-7-11-10(12-8-5-2)13-9-6-3/h4-9H2,1-3H3,(H2,11,12,13). The zero-order chi connectivity index (χ0) is 9.94. The van der Waals surface area contributed by atoms with Crippen LogP contribution < -0.4 is 10.6 Å². The minimum absolute atomic E-state index is 0.906. The summed E-state index contributed by atoms with van der Waals surface area (Å²) in [5, 5.41) is 6.56. The summed E-state index contributed by atoms with van der Waals surface area (Å²) in [5.41, 5.74) is 0. The molecular formula is C10H23N3. The summed E-state index contributed by atoms with van der Waals surface area (Å²) in [5.74, 6) is 0.963. The topological polar surface area (TPSA) is 36.4 Å². The predicted octanol–water partition coefficient (Wildman–Crippen LogP) is 1.75. The Balaban J connectivity index is 3.72. The van der Waals surface area contributed by atoms with Crippen molar-refractivity contribution < 1.29 is 0 Å². The van der Waals surface area contributed by atoms with Crippen LogP contribution in [0, 0.1) is 0 Å². The van der Waals surface area contributed by atoms with E-state index in [0.717, 1.165) is 44.9 Å². The van der Waals surface area contributed by atoms with Gasteiger partial charge in [-0.05, 0) is 19.3 Å². The number of hydrogen-bond donors (Lipinski definition) is 2. The van der Waals surface area contributed by atoms with Crippen LogP contribution in [-0.4, -0.2) is 25.6 Å². The monoisotopic (exact) mass is 185 g/mol. The summed E-state index contributed by atoms with van der Waals surface area (Å²) in [6.07, 6.45) is 3.38. The minimum Gasteiger partial charge on any atom is -0.356 e. The lowest BCUT2D eigenvalue weighted by Crippen LogP contribution is -2.38. The second-order valence-electron chi connectivity index (χ2n) is 3.08. The molecule has 0 amide bonds. The fraction of sp³-hybridized carbons (Fsp3) is 0.900. The second kappa shape index (κ2) is 9.36. The van der Waals surface area contributed by atoms with Gasteiger partial charge in [-0.15, -0.1) is 0 Å². The van der Waals surface area contributed by atoms with Gasteiger partial charge in [0, 0.05) is 19.6 Å². The number of nitrogens with zero attached hydrogens (tertiary/aromatic N) is 1. The van der Waals surface area contributed by atoms with Gasteiger partial charge in [0.25, 0.3) is 0 Å². The Hall–Kier alpha value is -0.730. The van der Waals surface area contributed by atoms with Crippen molar-refractivity contribution in [3.05, 3.63) is 0 Å². The molecule has 13 heavy (non-hydrogen) atoms. The van der Waals surface area contributed by atoms with Gasteiger partial charge in [-0.1, -0.05) is 20.8 Å². The molecule has 0 aromatic carbocycles. The molecule has 0 fully saturated rings. The third-order valence-electron chi connectivity index (χ3n) is 1.58. The molecule has 78 valence electrons. The zero-order valence-corrected chi connectivity index (χ0v) is 9.19. The van der Waals surface area contributed by atoms with Gasteiger partial charge in [0.1, 0.15) is 0 Å². The summed E-state index contributed by atoms with van der Waals surface area (Å²) in [7, 11) is 0. The van der Waals surface area contributed by atoms with E-state index in [2.05, 4.69) is 36.4 Å². The van der Waals surface area contributed by atoms with Crippen LogP contribution in [0.1, 0.15) is 40.0 Å². The van der Waals surface area contributed by atoms with Crippen LogP contribution in [0.3, 0.4) is 0 Å². The van der Waals surface area contributed by atoms with Crippen LogP contribution in [0.4, 0.5) is 0 Å². The van der Waals surface area contributed by atoms with Crippen LogP contribution >= 0.6 is 0 Å². The molecule has 3 nitrogen and oxygen atoms in total. The summed E-state index contributed by atoms with van der Waals surface area (Å²) >= 11 is 0. The zero-order valence-electron chi connectivity index (χ0n) is 9.19. The molecule has 0 saturated heterocycles. The van der Waals surface area contributed by atoms with Crippen molar-refractivity contribution in [3.63, 3.8) is 0 Å². The van der Waals surface area contributed by atoms with Gasteiger partial charge in [0.2, 0.25) is 0 Å². The number of nitrogens with one attached hydrogen (secondary N) is 2. The normalized spacial score (nSPS) is 9.46. The molecular weight excluding hydrogens is 162 g/mol. The van der Waals surface area contributed by atoms with Gasteiger partial charge in [0.15, 0.2) is 5.96 Å². The SMILES string of the molecule is CCCN=C(NCCC)NCCC. The molecule has 0 aromatic heterocycles. The summed E-state index contributed by atoms with van der Waals surface area (Å²) < 4.78 is 0. The Bertz CT molecular complexity index is 122. The highest BCUT2D eigenvalue weighted by Crippen LogP contribution is 1.80. The lowest BCUT2D eigenvalue weighted by molar-refractivity contribution is 0.754. The van der Waals surface area contributed by atoms with E-state index in [0.29, 0.717) is 0 Å². The van der Waals surface area contributed by atoms with Crippen LogP contribution in [0.25, 0.3) is 0 Å². The molecule has 0 unspecified atom stereocenters. The van der Waals surface area contributed by atoms with Gasteiger partial charge >= 0.3 is 0 Å². The van der Waals surface area contributed by atoms with Crippen LogP contribution in [0.2, 0.25) is 0 Å². The highest BCUT2D eigenvalue weighted by Gasteiger charge is 1.93. The van der Waals surface area contributed by atoms with E-state index < -0.39 is 0 Å². The smallest absolute Gasteiger partial charge is 0.191 e. The van der Waals surface area contributed by atoms with Gasteiger partial charge < -0.3 is 10.6 Å². The van der Waals surface area contributed by atoms with Crippen molar-refractivity contribution in [1.82, 2.24) is 10.6 Å². The first-order chi connectivity index (χ1) is 6.35. The van der Waals surface area contributed by atoms with Crippen LogP contribution in [-0.2, 0) is 0 Å². The van der Waals surface area contributed by atoms with Crippen LogP contribution in [0.15, 0.2) is 4.99 Å². The molecule has 0 aliphatic heterocycles. The molecule has 0 bridgehead atoms. The molecule has 3 heteroatoms. The molecule has 0 atom stereocenters. The fourth-order valence-electron chi connectivity index (χ4n) is 0.885. The van der Waals surface area contributed by atoms with E-state index in [4.69, 9.17) is 0 Å². The molecule has 0 spiro atoms. The molecule has 0 aliphatic carbocycles. The summed E-state index contributed by atoms with van der Waals surface area (Å²) in [6, 6.07) is 0. The van der Waals surface area contributed by atoms with Crippen molar-refractivity contribution in [2.45, 2.75) is 40.0 Å². The van der Waals surface area contributed by atoms with Crippen LogP contribution in [0.5, 0.6) is 0 Å². The van der Waals surface area contributed by atoms with Gasteiger partial charge in [-0.25, -0.2) is 0 Å². The first kappa shape index (κ1) is 12.3. The largest absolute Gasteiger partial charge is 0.356 e. The average Bonchev–Trinajstić information content (AvgIpc) is 2.17. The Morgan fingerprint density at radius 2 is 1.46 bits per heavy atom. The van der Waals surface area contributed by atoms with Crippen molar-refractivity contribution in [2.75, 3.05) is 19.6 Å². The Morgan fingerprint density at radius 1 is 0.923 bits per heavy atom. The Morgan fingerprint density at radius 3 is 1.85 bits per heavy atom. The third kappa shape index (κ3) is 7.62. The molecule has 0 rings (SSSR count). The van der Waals surface area contributed by atoms with E-state index in [1.807, 2.05) is 0 Å². The van der Waals surface area contributed by atoms with E-state index in [1.165, 1.54) is 0 Å². The van der Waals surface area contributed by atoms with Crippen molar-refractivity contribution >= 4 is 5.96 Å². The molecule has 0 saturated carbocycles. The van der Waals surface area contributed by atoms with E-state index in [9.17, 15) is 0 Å². The average molecular weight is 185 g/mol. The van der Waals surface area contributed by atoms with E-state index >= 15 is 0 Å². The fourth-order valence-corrected chi connectivity index (χ4v) is 0.885. The van der Waals surface area contributed by atoms with Gasteiger partial charge in [0.05, 0.1) is 0 Å². The van der Waals surface area contributed by atoms with Gasteiger partial charge in [-0.2, -0.15) is 0 Å². The minimum atomic E-state index is 0.906. The van der Waals surface area contributed by atoms with Gasteiger partial charge in [-0.3, -0.25) is 4.99 Å². The molecule has 2 N–H and O–H groups in total. The van der Waals surface area contributed by atoms with Crippen molar-refractivity contribution in [1.29, 1.82) is 0 Å². The number of aliphatic imine (C=N–C) groups is 1. The summed E-state index contributed by atoms with van der Waals surface area (Å²) in [4.78, 5) is 4.41. The van der Waals surface area contributed by atoms with E-state index in [1.54, 1.807) is 0 Å². The van der Waals surface area contributed by atoms with Crippen molar-refractivity contribution in [2.24, 2.45) is 4.99 Å². The maximum absolute atomic E-state index is 4.41. The highest BCUT2D eigenvalue weighted by molar-refractivity contribution is 5.79. The van der Waals surface area contributed by atoms with Crippen molar-refractivity contribution in [3.8, 4) is 0 Å². The molecule has 0 aromatic rings. The molecule has 0 radical (unpaired) electrons. The Labute approximate surface area is 82.0 Å². The summed E-state index contributed by atoms with van der Waals surface area (Å²) in [6.45, 7) is 9.36. The number of guanidine groups is 1. The molecule has 0 heterocycles. The molecule has 0 aliphatic rings. The third-order valence-corrected chi connectivity index (χ3v) is 1.58. The number of hydrogen-bond acceptors (Lipinski definition) is 1. The maximum atomic E-state index is 4.41.